The monoisotopic (exact) mass is 414 g/mol. The van der Waals surface area contributed by atoms with Gasteiger partial charge in [0.2, 0.25) is 5.91 Å². The van der Waals surface area contributed by atoms with E-state index in [1.165, 1.54) is 18.1 Å². The first-order chi connectivity index (χ1) is 14.0. The van der Waals surface area contributed by atoms with Crippen molar-refractivity contribution in [1.82, 2.24) is 4.90 Å². The molecule has 1 N–H and O–H groups in total. The Morgan fingerprint density at radius 3 is 2.66 bits per heavy atom. The minimum absolute atomic E-state index is 0.0449. The maximum Gasteiger partial charge on any atom is 0.221 e. The molecule has 0 aromatic heterocycles. The zero-order valence-corrected chi connectivity index (χ0v) is 18.2. The van der Waals surface area contributed by atoms with Crippen LogP contribution in [0.1, 0.15) is 37.8 Å². The van der Waals surface area contributed by atoms with Crippen molar-refractivity contribution < 1.29 is 9.53 Å². The number of ether oxygens (including phenoxy) is 1. The third-order valence-electron chi connectivity index (χ3n) is 5.69. The highest BCUT2D eigenvalue weighted by molar-refractivity contribution is 6.31. The third kappa shape index (κ3) is 6.30. The van der Waals surface area contributed by atoms with Crippen molar-refractivity contribution >= 4 is 23.2 Å². The van der Waals surface area contributed by atoms with E-state index in [9.17, 15) is 4.79 Å². The van der Waals surface area contributed by atoms with Gasteiger partial charge in [0.05, 0.1) is 6.61 Å². The summed E-state index contributed by atoms with van der Waals surface area (Å²) in [6, 6.07) is 16.3. The van der Waals surface area contributed by atoms with Crippen molar-refractivity contribution in [3.8, 4) is 0 Å². The number of likely N-dealkylation sites (tertiary alicyclic amines) is 1. The van der Waals surface area contributed by atoms with Crippen molar-refractivity contribution in [3.63, 3.8) is 0 Å². The fourth-order valence-electron chi connectivity index (χ4n) is 4.13. The molecule has 1 heterocycles. The molecule has 156 valence electrons. The molecule has 1 aliphatic rings. The van der Waals surface area contributed by atoms with E-state index in [4.69, 9.17) is 16.3 Å². The number of amides is 1. The summed E-state index contributed by atoms with van der Waals surface area (Å²) in [5.41, 5.74) is 3.49. The molecule has 1 amide bonds. The van der Waals surface area contributed by atoms with E-state index in [-0.39, 0.29) is 11.3 Å². The molecule has 1 aliphatic heterocycles. The summed E-state index contributed by atoms with van der Waals surface area (Å²) in [6.07, 6.45) is 3.20. The largest absolute Gasteiger partial charge is 0.381 e. The maximum atomic E-state index is 11.2. The number of anilines is 1. The van der Waals surface area contributed by atoms with Gasteiger partial charge < -0.3 is 10.1 Å². The Hall–Kier alpha value is -1.88. The Balaban J connectivity index is 1.61. The lowest BCUT2D eigenvalue weighted by atomic mass is 9.82. The molecule has 1 unspecified atom stereocenters. The molecule has 4 nitrogen and oxygen atoms in total. The minimum atomic E-state index is -0.0449. The molecule has 0 spiro atoms. The summed E-state index contributed by atoms with van der Waals surface area (Å²) in [5.74, 6) is -0.0449. The van der Waals surface area contributed by atoms with Gasteiger partial charge in [-0.25, -0.2) is 0 Å². The highest BCUT2D eigenvalue weighted by Gasteiger charge is 2.38. The molecule has 0 radical (unpaired) electrons. The summed E-state index contributed by atoms with van der Waals surface area (Å²) in [5, 5.41) is 3.67. The lowest BCUT2D eigenvalue weighted by molar-refractivity contribution is -0.114. The second-order valence-corrected chi connectivity index (χ2v) is 8.47. The van der Waals surface area contributed by atoms with Gasteiger partial charge in [-0.2, -0.15) is 0 Å². The minimum Gasteiger partial charge on any atom is -0.381 e. The lowest BCUT2D eigenvalue weighted by Gasteiger charge is -2.29. The van der Waals surface area contributed by atoms with Crippen molar-refractivity contribution in [2.45, 2.75) is 39.7 Å². The molecule has 0 aliphatic carbocycles. The van der Waals surface area contributed by atoms with Crippen LogP contribution in [0.15, 0.2) is 48.5 Å². The number of aryl methyl sites for hydroxylation is 1. The molecule has 1 fully saturated rings. The molecule has 3 rings (SSSR count). The lowest BCUT2D eigenvalue weighted by Crippen LogP contribution is -2.32. The van der Waals surface area contributed by atoms with Crippen LogP contribution in [0.4, 0.5) is 5.69 Å². The first-order valence-electron chi connectivity index (χ1n) is 10.4. The van der Waals surface area contributed by atoms with Gasteiger partial charge >= 0.3 is 0 Å². The zero-order valence-electron chi connectivity index (χ0n) is 17.4. The van der Waals surface area contributed by atoms with E-state index in [0.29, 0.717) is 0 Å². The van der Waals surface area contributed by atoms with Crippen molar-refractivity contribution in [1.29, 1.82) is 0 Å². The Labute approximate surface area is 179 Å². The molecule has 5 heteroatoms. The summed E-state index contributed by atoms with van der Waals surface area (Å²) < 4.78 is 5.89. The summed E-state index contributed by atoms with van der Waals surface area (Å²) >= 11 is 6.37. The topological polar surface area (TPSA) is 41.6 Å². The predicted molar refractivity (Wildman–Crippen MR) is 119 cm³/mol. The molecule has 2 aromatic rings. The number of carbonyl (C=O) groups excluding carboxylic acids is 1. The molecule has 0 saturated carbocycles. The fraction of sp³-hybridized carbons (Fsp3) is 0.458. The average molecular weight is 415 g/mol. The smallest absolute Gasteiger partial charge is 0.221 e. The van der Waals surface area contributed by atoms with Gasteiger partial charge in [-0.1, -0.05) is 41.9 Å². The second-order valence-electron chi connectivity index (χ2n) is 8.07. The normalized spacial score (nSPS) is 19.4. The predicted octanol–water partition coefficient (Wildman–Crippen LogP) is 5.16. The Bertz CT molecular complexity index is 809. The molecule has 2 aromatic carbocycles. The molecular formula is C24H31ClN2O2. The van der Waals surface area contributed by atoms with Crippen LogP contribution in [0.25, 0.3) is 0 Å². The second kappa shape index (κ2) is 10.2. The molecule has 1 atom stereocenters. The highest BCUT2D eigenvalue weighted by Crippen LogP contribution is 2.37. The molecule has 0 bridgehead atoms. The Kier molecular flexibility index (Phi) is 7.70. The number of benzene rings is 2. The number of hydrogen-bond acceptors (Lipinski definition) is 3. The highest BCUT2D eigenvalue weighted by atomic mass is 35.5. The number of rotatable bonds is 9. The first-order valence-corrected chi connectivity index (χ1v) is 10.8. The Morgan fingerprint density at radius 1 is 1.21 bits per heavy atom. The van der Waals surface area contributed by atoms with E-state index in [1.54, 1.807) is 0 Å². The maximum absolute atomic E-state index is 11.2. The van der Waals surface area contributed by atoms with E-state index in [2.05, 4.69) is 41.4 Å². The quantitative estimate of drug-likeness (QED) is 0.616. The van der Waals surface area contributed by atoms with Crippen LogP contribution >= 0.6 is 11.6 Å². The van der Waals surface area contributed by atoms with Gasteiger partial charge in [-0.05, 0) is 62.1 Å². The van der Waals surface area contributed by atoms with Gasteiger partial charge in [0, 0.05) is 42.7 Å². The van der Waals surface area contributed by atoms with Crippen molar-refractivity contribution in [3.05, 3.63) is 64.7 Å². The van der Waals surface area contributed by atoms with E-state index >= 15 is 0 Å². The summed E-state index contributed by atoms with van der Waals surface area (Å²) in [6.45, 7) is 8.16. The van der Waals surface area contributed by atoms with Gasteiger partial charge in [-0.15, -0.1) is 0 Å². The van der Waals surface area contributed by atoms with Crippen LogP contribution in [0, 0.1) is 5.41 Å². The van der Waals surface area contributed by atoms with E-state index < -0.39 is 0 Å². The third-order valence-corrected chi connectivity index (χ3v) is 6.06. The van der Waals surface area contributed by atoms with Gasteiger partial charge in [0.15, 0.2) is 0 Å². The molecular weight excluding hydrogens is 384 g/mol. The molecule has 29 heavy (non-hydrogen) atoms. The number of hydrogen-bond donors (Lipinski definition) is 1. The summed E-state index contributed by atoms with van der Waals surface area (Å²) in [7, 11) is 0. The van der Waals surface area contributed by atoms with Gasteiger partial charge in [0.25, 0.3) is 0 Å². The van der Waals surface area contributed by atoms with Crippen molar-refractivity contribution in [2.75, 3.05) is 31.6 Å². The van der Waals surface area contributed by atoms with Crippen LogP contribution in [-0.4, -0.2) is 37.1 Å². The fourth-order valence-corrected chi connectivity index (χ4v) is 4.36. The van der Waals surface area contributed by atoms with Crippen LogP contribution < -0.4 is 5.32 Å². The van der Waals surface area contributed by atoms with Gasteiger partial charge in [-0.3, -0.25) is 9.69 Å². The average Bonchev–Trinajstić information content (AvgIpc) is 3.10. The summed E-state index contributed by atoms with van der Waals surface area (Å²) in [4.78, 5) is 13.7. The number of nitrogens with zero attached hydrogens (tertiary/aromatic N) is 1. The standard InChI is InChI=1S/C24H31ClN2O2/c1-3-29-18-24(13-12-21-6-4-5-7-23(21)25)14-15-27(17-24)16-20-8-10-22(11-9-20)26-19(2)28/h4-11H,3,12-18H2,1-2H3,(H,26,28). The zero-order chi connectivity index (χ0) is 20.7. The number of halogens is 1. The number of carbonyl (C=O) groups is 1. The number of nitrogens with one attached hydrogen (secondary N) is 1. The van der Waals surface area contributed by atoms with E-state index in [1.807, 2.05) is 24.3 Å². The SMILES string of the molecule is CCOCC1(CCc2ccccc2Cl)CCN(Cc2ccc(NC(C)=O)cc2)C1. The van der Waals surface area contributed by atoms with Crippen LogP contribution in [-0.2, 0) is 22.5 Å². The van der Waals surface area contributed by atoms with Crippen molar-refractivity contribution in [2.24, 2.45) is 5.41 Å². The van der Waals surface area contributed by atoms with E-state index in [0.717, 1.165) is 62.8 Å². The first kappa shape index (κ1) is 21.8. The molecule has 1 saturated heterocycles. The van der Waals surface area contributed by atoms with Gasteiger partial charge in [0.1, 0.15) is 0 Å². The van der Waals surface area contributed by atoms with Crippen LogP contribution in [0.2, 0.25) is 5.02 Å². The van der Waals surface area contributed by atoms with Crippen LogP contribution in [0.3, 0.4) is 0 Å². The van der Waals surface area contributed by atoms with Crippen LogP contribution in [0.5, 0.6) is 0 Å². The Morgan fingerprint density at radius 2 is 1.97 bits per heavy atom.